The van der Waals surface area contributed by atoms with E-state index in [2.05, 4.69) is 0 Å². The van der Waals surface area contributed by atoms with Crippen molar-refractivity contribution >= 4 is 17.6 Å². The molecule has 0 heterocycles. The summed E-state index contributed by atoms with van der Waals surface area (Å²) in [6, 6.07) is 4.60. The Bertz CT molecular complexity index is 501. The van der Waals surface area contributed by atoms with Gasteiger partial charge in [-0.1, -0.05) is 6.92 Å². The SMILES string of the molecule is CCOC(=O)C(CC)OC(=O)c1ccc(OCC)c(N)c1. The monoisotopic (exact) mass is 295 g/mol. The summed E-state index contributed by atoms with van der Waals surface area (Å²) in [6.45, 7) is 5.99. The minimum Gasteiger partial charge on any atom is -0.492 e. The highest BCUT2D eigenvalue weighted by atomic mass is 16.6. The first-order chi connectivity index (χ1) is 10.0. The van der Waals surface area contributed by atoms with E-state index in [1.807, 2.05) is 6.92 Å². The molecule has 1 unspecified atom stereocenters. The van der Waals surface area contributed by atoms with Gasteiger partial charge in [0, 0.05) is 0 Å². The van der Waals surface area contributed by atoms with Gasteiger partial charge in [-0.25, -0.2) is 9.59 Å². The van der Waals surface area contributed by atoms with Crippen LogP contribution in [-0.4, -0.2) is 31.3 Å². The van der Waals surface area contributed by atoms with Crippen molar-refractivity contribution in [3.63, 3.8) is 0 Å². The van der Waals surface area contributed by atoms with Crippen molar-refractivity contribution < 1.29 is 23.8 Å². The minimum absolute atomic E-state index is 0.239. The molecule has 0 spiro atoms. The number of carbonyl (C=O) groups is 2. The Hall–Kier alpha value is -2.24. The van der Waals surface area contributed by atoms with Gasteiger partial charge < -0.3 is 19.9 Å². The summed E-state index contributed by atoms with van der Waals surface area (Å²) >= 11 is 0. The zero-order valence-corrected chi connectivity index (χ0v) is 12.5. The molecule has 1 aromatic carbocycles. The lowest BCUT2D eigenvalue weighted by Crippen LogP contribution is -2.28. The van der Waals surface area contributed by atoms with Crippen LogP contribution in [-0.2, 0) is 14.3 Å². The molecule has 21 heavy (non-hydrogen) atoms. The van der Waals surface area contributed by atoms with Gasteiger partial charge in [-0.05, 0) is 38.5 Å². The molecule has 116 valence electrons. The van der Waals surface area contributed by atoms with Crippen LogP contribution in [0.25, 0.3) is 0 Å². The zero-order chi connectivity index (χ0) is 15.8. The highest BCUT2D eigenvalue weighted by molar-refractivity contribution is 5.92. The van der Waals surface area contributed by atoms with Crippen LogP contribution in [0.15, 0.2) is 18.2 Å². The summed E-state index contributed by atoms with van der Waals surface area (Å²) in [5.74, 6) is -0.664. The number of benzene rings is 1. The Morgan fingerprint density at radius 3 is 2.43 bits per heavy atom. The number of rotatable bonds is 7. The maximum atomic E-state index is 12.0. The third-order valence-corrected chi connectivity index (χ3v) is 2.71. The summed E-state index contributed by atoms with van der Waals surface area (Å²) in [5.41, 5.74) is 6.40. The average Bonchev–Trinajstić information content (AvgIpc) is 2.46. The number of ether oxygens (including phenoxy) is 3. The van der Waals surface area contributed by atoms with Crippen molar-refractivity contribution in [1.29, 1.82) is 0 Å². The maximum absolute atomic E-state index is 12.0. The van der Waals surface area contributed by atoms with Crippen LogP contribution in [0.5, 0.6) is 5.75 Å². The van der Waals surface area contributed by atoms with Gasteiger partial charge in [-0.2, -0.15) is 0 Å². The second kappa shape index (κ2) is 8.14. The number of hydrogen-bond donors (Lipinski definition) is 1. The fourth-order valence-corrected chi connectivity index (χ4v) is 1.69. The molecule has 0 saturated heterocycles. The van der Waals surface area contributed by atoms with Gasteiger partial charge in [0.1, 0.15) is 5.75 Å². The van der Waals surface area contributed by atoms with Crippen LogP contribution in [0.2, 0.25) is 0 Å². The number of esters is 2. The smallest absolute Gasteiger partial charge is 0.347 e. The highest BCUT2D eigenvalue weighted by Gasteiger charge is 2.23. The van der Waals surface area contributed by atoms with E-state index in [0.29, 0.717) is 24.5 Å². The number of nitrogen functional groups attached to an aromatic ring is 1. The third kappa shape index (κ3) is 4.66. The predicted molar refractivity (Wildman–Crippen MR) is 78.2 cm³/mol. The quantitative estimate of drug-likeness (QED) is 0.612. The summed E-state index contributed by atoms with van der Waals surface area (Å²) < 4.78 is 15.3. The lowest BCUT2D eigenvalue weighted by atomic mass is 10.2. The number of hydrogen-bond acceptors (Lipinski definition) is 6. The van der Waals surface area contributed by atoms with E-state index in [0.717, 1.165) is 0 Å². The van der Waals surface area contributed by atoms with E-state index in [-0.39, 0.29) is 12.2 Å². The van der Waals surface area contributed by atoms with Gasteiger partial charge in [-0.3, -0.25) is 0 Å². The molecule has 1 atom stereocenters. The van der Waals surface area contributed by atoms with Crippen molar-refractivity contribution in [3.05, 3.63) is 23.8 Å². The summed E-state index contributed by atoms with van der Waals surface area (Å²) in [6.07, 6.45) is -0.567. The first kappa shape index (κ1) is 16.8. The fourth-order valence-electron chi connectivity index (χ4n) is 1.69. The molecule has 0 bridgehead atoms. The molecule has 0 aliphatic heterocycles. The van der Waals surface area contributed by atoms with Crippen molar-refractivity contribution in [2.24, 2.45) is 0 Å². The molecule has 0 saturated carbocycles. The molecule has 0 aliphatic carbocycles. The lowest BCUT2D eigenvalue weighted by Gasteiger charge is -2.15. The Labute approximate surface area is 124 Å². The van der Waals surface area contributed by atoms with Crippen molar-refractivity contribution in [3.8, 4) is 5.75 Å². The fraction of sp³-hybridized carbons (Fsp3) is 0.467. The van der Waals surface area contributed by atoms with Crippen LogP contribution in [0.3, 0.4) is 0 Å². The second-order valence-corrected chi connectivity index (χ2v) is 4.24. The Balaban J connectivity index is 2.78. The van der Waals surface area contributed by atoms with Gasteiger partial charge in [0.05, 0.1) is 24.5 Å². The Morgan fingerprint density at radius 1 is 1.19 bits per heavy atom. The standard InChI is InChI=1S/C15H21NO5/c1-4-12(15(18)20-6-3)21-14(17)10-7-8-13(19-5-2)11(16)9-10/h7-9,12H,4-6,16H2,1-3H3. The molecule has 1 rings (SSSR count). The van der Waals surface area contributed by atoms with Gasteiger partial charge >= 0.3 is 11.9 Å². The second-order valence-electron chi connectivity index (χ2n) is 4.24. The molecule has 1 aromatic rings. The van der Waals surface area contributed by atoms with Gasteiger partial charge in [0.2, 0.25) is 0 Å². The van der Waals surface area contributed by atoms with Gasteiger partial charge in [0.15, 0.2) is 6.10 Å². The van der Waals surface area contributed by atoms with Crippen LogP contribution >= 0.6 is 0 Å². The van der Waals surface area contributed by atoms with Crippen molar-refractivity contribution in [2.45, 2.75) is 33.3 Å². The molecule has 0 fully saturated rings. The van der Waals surface area contributed by atoms with Crippen molar-refractivity contribution in [2.75, 3.05) is 18.9 Å². The third-order valence-electron chi connectivity index (χ3n) is 2.71. The van der Waals surface area contributed by atoms with Crippen LogP contribution in [0, 0.1) is 0 Å². The summed E-state index contributed by atoms with van der Waals surface area (Å²) in [5, 5.41) is 0. The molecule has 6 nitrogen and oxygen atoms in total. The zero-order valence-electron chi connectivity index (χ0n) is 12.5. The molecular weight excluding hydrogens is 274 g/mol. The van der Waals surface area contributed by atoms with Gasteiger partial charge in [-0.15, -0.1) is 0 Å². The lowest BCUT2D eigenvalue weighted by molar-refractivity contribution is -0.153. The molecular formula is C15H21NO5. The van der Waals surface area contributed by atoms with Crippen molar-refractivity contribution in [1.82, 2.24) is 0 Å². The Morgan fingerprint density at radius 2 is 1.90 bits per heavy atom. The number of nitrogens with two attached hydrogens (primary N) is 1. The van der Waals surface area contributed by atoms with Crippen LogP contribution in [0.1, 0.15) is 37.6 Å². The van der Waals surface area contributed by atoms with Crippen LogP contribution in [0.4, 0.5) is 5.69 Å². The average molecular weight is 295 g/mol. The minimum atomic E-state index is -0.912. The van der Waals surface area contributed by atoms with E-state index in [1.54, 1.807) is 26.0 Å². The highest BCUT2D eigenvalue weighted by Crippen LogP contribution is 2.23. The topological polar surface area (TPSA) is 87.8 Å². The maximum Gasteiger partial charge on any atom is 0.347 e. The van der Waals surface area contributed by atoms with E-state index < -0.39 is 18.0 Å². The normalized spacial score (nSPS) is 11.6. The summed E-state index contributed by atoms with van der Waals surface area (Å²) in [7, 11) is 0. The molecule has 0 aromatic heterocycles. The molecule has 0 amide bonds. The predicted octanol–water partition coefficient (Wildman–Crippen LogP) is 2.17. The van der Waals surface area contributed by atoms with E-state index >= 15 is 0 Å². The first-order valence-corrected chi connectivity index (χ1v) is 6.93. The Kier molecular flexibility index (Phi) is 6.52. The molecule has 0 aliphatic rings. The van der Waals surface area contributed by atoms with Gasteiger partial charge in [0.25, 0.3) is 0 Å². The number of anilines is 1. The molecule has 0 radical (unpaired) electrons. The first-order valence-electron chi connectivity index (χ1n) is 6.93. The van der Waals surface area contributed by atoms with E-state index in [4.69, 9.17) is 19.9 Å². The largest absolute Gasteiger partial charge is 0.492 e. The molecule has 2 N–H and O–H groups in total. The van der Waals surface area contributed by atoms with Crippen LogP contribution < -0.4 is 10.5 Å². The summed E-state index contributed by atoms with van der Waals surface area (Å²) in [4.78, 5) is 23.6. The van der Waals surface area contributed by atoms with E-state index in [1.165, 1.54) is 6.07 Å². The number of carbonyl (C=O) groups excluding carboxylic acids is 2. The van der Waals surface area contributed by atoms with E-state index in [9.17, 15) is 9.59 Å². The molecule has 6 heteroatoms.